The summed E-state index contributed by atoms with van der Waals surface area (Å²) in [7, 11) is 0. The third kappa shape index (κ3) is 4.06. The SMILES string of the molecule is CCC1CCCCC1Nc1cc(NN)nc(C(C)(C)C)n1. The predicted octanol–water partition coefficient (Wildman–Crippen LogP) is 3.44. The molecule has 0 bridgehead atoms. The molecule has 2 rings (SSSR count). The van der Waals surface area contributed by atoms with Crippen molar-refractivity contribution < 1.29 is 0 Å². The van der Waals surface area contributed by atoms with Crippen LogP contribution in [0.4, 0.5) is 11.6 Å². The molecule has 1 aliphatic carbocycles. The smallest absolute Gasteiger partial charge is 0.145 e. The molecule has 0 saturated heterocycles. The van der Waals surface area contributed by atoms with Crippen LogP contribution < -0.4 is 16.6 Å². The van der Waals surface area contributed by atoms with Gasteiger partial charge < -0.3 is 10.7 Å². The Morgan fingerprint density at radius 2 is 1.86 bits per heavy atom. The number of nitrogens with zero attached hydrogens (tertiary/aromatic N) is 2. The summed E-state index contributed by atoms with van der Waals surface area (Å²) in [6.07, 6.45) is 6.40. The zero-order valence-electron chi connectivity index (χ0n) is 13.7. The minimum Gasteiger partial charge on any atom is -0.367 e. The molecular weight excluding hydrogens is 262 g/mol. The summed E-state index contributed by atoms with van der Waals surface area (Å²) in [6.45, 7) is 8.61. The lowest BCUT2D eigenvalue weighted by Gasteiger charge is -2.32. The molecule has 4 N–H and O–H groups in total. The summed E-state index contributed by atoms with van der Waals surface area (Å²) in [5.41, 5.74) is 2.55. The molecule has 0 radical (unpaired) electrons. The number of aromatic nitrogens is 2. The Kier molecular flexibility index (Phi) is 5.04. The van der Waals surface area contributed by atoms with Crippen molar-refractivity contribution >= 4 is 11.6 Å². The second-order valence-electron chi connectivity index (χ2n) is 7.06. The number of hydrogen-bond acceptors (Lipinski definition) is 5. The zero-order valence-corrected chi connectivity index (χ0v) is 13.7. The molecule has 2 atom stereocenters. The van der Waals surface area contributed by atoms with Gasteiger partial charge >= 0.3 is 0 Å². The first-order chi connectivity index (χ1) is 9.94. The van der Waals surface area contributed by atoms with Crippen LogP contribution in [-0.2, 0) is 5.41 Å². The van der Waals surface area contributed by atoms with Crippen LogP contribution in [0, 0.1) is 5.92 Å². The highest BCUT2D eigenvalue weighted by Crippen LogP contribution is 2.30. The highest BCUT2D eigenvalue weighted by molar-refractivity contribution is 5.48. The summed E-state index contributed by atoms with van der Waals surface area (Å²) in [6, 6.07) is 2.41. The fourth-order valence-corrected chi connectivity index (χ4v) is 3.01. The number of nitrogens with one attached hydrogen (secondary N) is 2. The Hall–Kier alpha value is -1.36. The molecule has 1 aromatic heterocycles. The van der Waals surface area contributed by atoms with Gasteiger partial charge in [-0.15, -0.1) is 0 Å². The van der Waals surface area contributed by atoms with E-state index in [-0.39, 0.29) is 5.41 Å². The third-order valence-electron chi connectivity index (χ3n) is 4.31. The van der Waals surface area contributed by atoms with Gasteiger partial charge in [0.15, 0.2) is 0 Å². The van der Waals surface area contributed by atoms with Gasteiger partial charge in [-0.25, -0.2) is 15.8 Å². The zero-order chi connectivity index (χ0) is 15.5. The van der Waals surface area contributed by atoms with E-state index in [0.29, 0.717) is 11.9 Å². The molecule has 1 saturated carbocycles. The molecule has 0 amide bonds. The van der Waals surface area contributed by atoms with E-state index in [9.17, 15) is 0 Å². The highest BCUT2D eigenvalue weighted by atomic mass is 15.3. The molecule has 1 aliphatic rings. The van der Waals surface area contributed by atoms with Gasteiger partial charge in [-0.05, 0) is 18.8 Å². The Balaban J connectivity index is 2.22. The van der Waals surface area contributed by atoms with Crippen LogP contribution in [0.5, 0.6) is 0 Å². The minimum absolute atomic E-state index is 0.0972. The summed E-state index contributed by atoms with van der Waals surface area (Å²) < 4.78 is 0. The van der Waals surface area contributed by atoms with E-state index in [0.717, 1.165) is 17.6 Å². The van der Waals surface area contributed by atoms with E-state index in [1.807, 2.05) is 6.07 Å². The molecule has 1 fully saturated rings. The first kappa shape index (κ1) is 16.0. The quantitative estimate of drug-likeness (QED) is 0.585. The maximum absolute atomic E-state index is 5.55. The Morgan fingerprint density at radius 3 is 2.48 bits per heavy atom. The third-order valence-corrected chi connectivity index (χ3v) is 4.31. The molecule has 0 aliphatic heterocycles. The molecule has 0 aromatic carbocycles. The van der Waals surface area contributed by atoms with E-state index in [1.54, 1.807) is 0 Å². The van der Waals surface area contributed by atoms with Crippen LogP contribution in [0.25, 0.3) is 0 Å². The maximum atomic E-state index is 5.55. The van der Waals surface area contributed by atoms with E-state index >= 15 is 0 Å². The first-order valence-electron chi connectivity index (χ1n) is 8.06. The fraction of sp³-hybridized carbons (Fsp3) is 0.750. The molecule has 0 spiro atoms. The van der Waals surface area contributed by atoms with Crippen LogP contribution in [0.1, 0.15) is 65.6 Å². The van der Waals surface area contributed by atoms with Gasteiger partial charge in [0.1, 0.15) is 17.5 Å². The lowest BCUT2D eigenvalue weighted by molar-refractivity contribution is 0.316. The van der Waals surface area contributed by atoms with Crippen molar-refractivity contribution in [1.29, 1.82) is 0 Å². The fourth-order valence-electron chi connectivity index (χ4n) is 3.01. The van der Waals surface area contributed by atoms with Gasteiger partial charge in [0.2, 0.25) is 0 Å². The average Bonchev–Trinajstić information content (AvgIpc) is 2.46. The van der Waals surface area contributed by atoms with Gasteiger partial charge in [0.25, 0.3) is 0 Å². The number of nitrogens with two attached hydrogens (primary N) is 1. The van der Waals surface area contributed by atoms with Gasteiger partial charge in [-0.2, -0.15) is 0 Å². The highest BCUT2D eigenvalue weighted by Gasteiger charge is 2.25. The lowest BCUT2D eigenvalue weighted by atomic mass is 9.83. The number of hydrogen-bond donors (Lipinski definition) is 3. The molecule has 21 heavy (non-hydrogen) atoms. The largest absolute Gasteiger partial charge is 0.367 e. The molecule has 1 aromatic rings. The van der Waals surface area contributed by atoms with E-state index < -0.39 is 0 Å². The molecule has 118 valence electrons. The van der Waals surface area contributed by atoms with Crippen LogP contribution >= 0.6 is 0 Å². The predicted molar refractivity (Wildman–Crippen MR) is 88.2 cm³/mol. The summed E-state index contributed by atoms with van der Waals surface area (Å²) >= 11 is 0. The van der Waals surface area contributed by atoms with Crippen molar-refractivity contribution in [3.05, 3.63) is 11.9 Å². The van der Waals surface area contributed by atoms with Crippen molar-refractivity contribution in [3.8, 4) is 0 Å². The van der Waals surface area contributed by atoms with Crippen molar-refractivity contribution in [2.45, 2.75) is 71.3 Å². The normalized spacial score (nSPS) is 22.9. The average molecular weight is 291 g/mol. The first-order valence-corrected chi connectivity index (χ1v) is 8.06. The topological polar surface area (TPSA) is 75.9 Å². The second-order valence-corrected chi connectivity index (χ2v) is 7.06. The monoisotopic (exact) mass is 291 g/mol. The molecule has 5 heteroatoms. The number of hydrazine groups is 1. The van der Waals surface area contributed by atoms with Gasteiger partial charge in [-0.1, -0.05) is 47.0 Å². The minimum atomic E-state index is -0.0972. The Morgan fingerprint density at radius 1 is 1.19 bits per heavy atom. The second kappa shape index (κ2) is 6.60. The van der Waals surface area contributed by atoms with Crippen LogP contribution in [0.15, 0.2) is 6.07 Å². The number of anilines is 2. The Bertz CT molecular complexity index is 466. The van der Waals surface area contributed by atoms with Crippen molar-refractivity contribution in [1.82, 2.24) is 9.97 Å². The maximum Gasteiger partial charge on any atom is 0.145 e. The van der Waals surface area contributed by atoms with E-state index in [2.05, 4.69) is 43.4 Å². The van der Waals surface area contributed by atoms with Gasteiger partial charge in [0, 0.05) is 17.5 Å². The number of nitrogen functional groups attached to an aromatic ring is 1. The van der Waals surface area contributed by atoms with E-state index in [1.165, 1.54) is 32.1 Å². The van der Waals surface area contributed by atoms with Crippen molar-refractivity contribution in [3.63, 3.8) is 0 Å². The van der Waals surface area contributed by atoms with Crippen LogP contribution in [0.3, 0.4) is 0 Å². The summed E-state index contributed by atoms with van der Waals surface area (Å²) in [5, 5.41) is 3.62. The van der Waals surface area contributed by atoms with Crippen molar-refractivity contribution in [2.75, 3.05) is 10.7 Å². The van der Waals surface area contributed by atoms with Crippen molar-refractivity contribution in [2.24, 2.45) is 11.8 Å². The van der Waals surface area contributed by atoms with Crippen LogP contribution in [-0.4, -0.2) is 16.0 Å². The molecular formula is C16H29N5. The molecule has 1 heterocycles. The lowest BCUT2D eigenvalue weighted by Crippen LogP contribution is -2.32. The van der Waals surface area contributed by atoms with E-state index in [4.69, 9.17) is 10.8 Å². The molecule has 5 nitrogen and oxygen atoms in total. The van der Waals surface area contributed by atoms with Gasteiger partial charge in [0.05, 0.1) is 0 Å². The summed E-state index contributed by atoms with van der Waals surface area (Å²) in [5.74, 6) is 8.65. The van der Waals surface area contributed by atoms with Crippen LogP contribution in [0.2, 0.25) is 0 Å². The molecule has 2 unspecified atom stereocenters. The summed E-state index contributed by atoms with van der Waals surface area (Å²) in [4.78, 5) is 9.17. The number of rotatable bonds is 4. The Labute approximate surface area is 128 Å². The standard InChI is InChI=1S/C16H29N5/c1-5-11-8-6-7-9-12(11)18-13-10-14(21-17)20-15(19-13)16(2,3)4/h10-12H,5-9,17H2,1-4H3,(H2,18,19,20,21). The van der Waals surface area contributed by atoms with Gasteiger partial charge in [-0.3, -0.25) is 0 Å².